The van der Waals surface area contributed by atoms with Crippen LogP contribution < -0.4 is 15.8 Å². The average Bonchev–Trinajstić information content (AvgIpc) is 3.28. The Labute approximate surface area is 116 Å². The van der Waals surface area contributed by atoms with Gasteiger partial charge >= 0.3 is 5.69 Å². The molecule has 0 aromatic heterocycles. The molecule has 1 aromatic carbocycles. The molecule has 1 saturated carbocycles. The lowest BCUT2D eigenvalue weighted by Crippen LogP contribution is -2.38. The lowest BCUT2D eigenvalue weighted by atomic mass is 10.1. The SMILES string of the molecule is COc1cc(C(=O)NCC(N)C2CC2)ccc1[N+](=O)[O-]. The molecule has 0 spiro atoms. The van der Waals surface area contributed by atoms with E-state index < -0.39 is 4.92 Å². The van der Waals surface area contributed by atoms with Gasteiger partial charge in [-0.3, -0.25) is 14.9 Å². The molecule has 1 aliphatic carbocycles. The van der Waals surface area contributed by atoms with Crippen molar-refractivity contribution in [2.45, 2.75) is 18.9 Å². The van der Waals surface area contributed by atoms with Crippen LogP contribution in [0.1, 0.15) is 23.2 Å². The molecule has 7 heteroatoms. The minimum absolute atomic E-state index is 0.0288. The molecule has 20 heavy (non-hydrogen) atoms. The first-order chi connectivity index (χ1) is 9.52. The number of rotatable bonds is 6. The van der Waals surface area contributed by atoms with E-state index in [9.17, 15) is 14.9 Å². The fourth-order valence-corrected chi connectivity index (χ4v) is 1.97. The van der Waals surface area contributed by atoms with E-state index >= 15 is 0 Å². The highest BCUT2D eigenvalue weighted by Crippen LogP contribution is 2.31. The van der Waals surface area contributed by atoms with Crippen molar-refractivity contribution in [3.8, 4) is 5.75 Å². The Balaban J connectivity index is 2.03. The van der Waals surface area contributed by atoms with Crippen molar-refractivity contribution >= 4 is 11.6 Å². The lowest BCUT2D eigenvalue weighted by molar-refractivity contribution is -0.385. The van der Waals surface area contributed by atoms with Crippen molar-refractivity contribution < 1.29 is 14.5 Å². The van der Waals surface area contributed by atoms with Crippen molar-refractivity contribution in [1.29, 1.82) is 0 Å². The van der Waals surface area contributed by atoms with Gasteiger partial charge in [-0.15, -0.1) is 0 Å². The number of benzene rings is 1. The Bertz CT molecular complexity index is 528. The number of nitrogens with zero attached hydrogens (tertiary/aromatic N) is 1. The van der Waals surface area contributed by atoms with E-state index in [4.69, 9.17) is 10.5 Å². The van der Waals surface area contributed by atoms with E-state index in [1.54, 1.807) is 0 Å². The maximum absolute atomic E-state index is 11.9. The van der Waals surface area contributed by atoms with Gasteiger partial charge in [0.05, 0.1) is 12.0 Å². The van der Waals surface area contributed by atoms with Gasteiger partial charge in [0.2, 0.25) is 0 Å². The van der Waals surface area contributed by atoms with Gasteiger partial charge in [-0.2, -0.15) is 0 Å². The smallest absolute Gasteiger partial charge is 0.310 e. The third-order valence-corrected chi connectivity index (χ3v) is 3.36. The van der Waals surface area contributed by atoms with Gasteiger partial charge in [0.1, 0.15) is 0 Å². The Kier molecular flexibility index (Phi) is 4.19. The summed E-state index contributed by atoms with van der Waals surface area (Å²) in [5.74, 6) is 0.255. The molecule has 1 atom stereocenters. The number of amides is 1. The summed E-state index contributed by atoms with van der Waals surface area (Å²) in [5, 5.41) is 13.5. The summed E-state index contributed by atoms with van der Waals surface area (Å²) in [4.78, 5) is 22.2. The van der Waals surface area contributed by atoms with Crippen LogP contribution in [0.2, 0.25) is 0 Å². The monoisotopic (exact) mass is 279 g/mol. The molecule has 1 amide bonds. The molecule has 0 radical (unpaired) electrons. The molecule has 2 rings (SSSR count). The van der Waals surface area contributed by atoms with Crippen molar-refractivity contribution in [1.82, 2.24) is 5.32 Å². The predicted octanol–water partition coefficient (Wildman–Crippen LogP) is 1.07. The van der Waals surface area contributed by atoms with E-state index in [1.165, 1.54) is 25.3 Å². The quantitative estimate of drug-likeness (QED) is 0.598. The van der Waals surface area contributed by atoms with Gasteiger partial charge in [-0.1, -0.05) is 0 Å². The number of nitrogens with two attached hydrogens (primary N) is 1. The van der Waals surface area contributed by atoms with Crippen molar-refractivity contribution in [3.63, 3.8) is 0 Å². The molecular weight excluding hydrogens is 262 g/mol. The number of hydrogen-bond donors (Lipinski definition) is 2. The second kappa shape index (κ2) is 5.87. The molecule has 1 aromatic rings. The number of carbonyl (C=O) groups excluding carboxylic acids is 1. The molecule has 1 fully saturated rings. The van der Waals surface area contributed by atoms with E-state index in [0.717, 1.165) is 12.8 Å². The highest BCUT2D eigenvalue weighted by molar-refractivity contribution is 5.95. The van der Waals surface area contributed by atoms with E-state index in [2.05, 4.69) is 5.32 Å². The van der Waals surface area contributed by atoms with Gasteiger partial charge in [0, 0.05) is 30.3 Å². The lowest BCUT2D eigenvalue weighted by Gasteiger charge is -2.12. The summed E-state index contributed by atoms with van der Waals surface area (Å²) < 4.78 is 4.92. The maximum atomic E-state index is 11.9. The zero-order valence-electron chi connectivity index (χ0n) is 11.2. The van der Waals surface area contributed by atoms with Crippen molar-refractivity contribution in [2.75, 3.05) is 13.7 Å². The number of carbonyl (C=O) groups is 1. The first-order valence-corrected chi connectivity index (χ1v) is 6.39. The predicted molar refractivity (Wildman–Crippen MR) is 72.7 cm³/mol. The Morgan fingerprint density at radius 1 is 1.60 bits per heavy atom. The van der Waals surface area contributed by atoms with Crippen LogP contribution in [0.3, 0.4) is 0 Å². The van der Waals surface area contributed by atoms with Gasteiger partial charge in [-0.25, -0.2) is 0 Å². The summed E-state index contributed by atoms with van der Waals surface area (Å²) >= 11 is 0. The molecule has 0 aliphatic heterocycles. The number of methoxy groups -OCH3 is 1. The molecule has 3 N–H and O–H groups in total. The third-order valence-electron chi connectivity index (χ3n) is 3.36. The van der Waals surface area contributed by atoms with Crippen LogP contribution in [0.5, 0.6) is 5.75 Å². The van der Waals surface area contributed by atoms with Crippen LogP contribution in [0.25, 0.3) is 0 Å². The first kappa shape index (κ1) is 14.3. The Morgan fingerprint density at radius 2 is 2.30 bits per heavy atom. The number of nitrogens with one attached hydrogen (secondary N) is 1. The molecule has 7 nitrogen and oxygen atoms in total. The van der Waals surface area contributed by atoms with Crippen molar-refractivity contribution in [2.24, 2.45) is 11.7 Å². The average molecular weight is 279 g/mol. The standard InChI is InChI=1S/C13H17N3O4/c1-20-12-6-9(4-5-11(12)16(18)19)13(17)15-7-10(14)8-2-3-8/h4-6,8,10H,2-3,7,14H2,1H3,(H,15,17). The normalized spacial score (nSPS) is 15.5. The van der Waals surface area contributed by atoms with E-state index in [-0.39, 0.29) is 23.4 Å². The Morgan fingerprint density at radius 3 is 2.85 bits per heavy atom. The second-order valence-electron chi connectivity index (χ2n) is 4.86. The summed E-state index contributed by atoms with van der Waals surface area (Å²) in [7, 11) is 1.33. The third kappa shape index (κ3) is 3.24. The number of nitro benzene ring substituents is 1. The minimum Gasteiger partial charge on any atom is -0.490 e. The highest BCUT2D eigenvalue weighted by Gasteiger charge is 2.28. The Hall–Kier alpha value is -2.15. The number of nitro groups is 1. The molecule has 0 bridgehead atoms. The molecule has 108 valence electrons. The fourth-order valence-electron chi connectivity index (χ4n) is 1.97. The van der Waals surface area contributed by atoms with Crippen LogP contribution in [0, 0.1) is 16.0 Å². The number of hydrogen-bond acceptors (Lipinski definition) is 5. The topological polar surface area (TPSA) is 107 Å². The van der Waals surface area contributed by atoms with Gasteiger partial charge < -0.3 is 15.8 Å². The van der Waals surface area contributed by atoms with E-state index in [0.29, 0.717) is 18.0 Å². The summed E-state index contributed by atoms with van der Waals surface area (Å²) in [6.45, 7) is 0.406. The zero-order chi connectivity index (χ0) is 14.7. The van der Waals surface area contributed by atoms with Crippen LogP contribution in [0.15, 0.2) is 18.2 Å². The maximum Gasteiger partial charge on any atom is 0.310 e. The van der Waals surface area contributed by atoms with Crippen LogP contribution in [-0.2, 0) is 0 Å². The van der Waals surface area contributed by atoms with Crippen molar-refractivity contribution in [3.05, 3.63) is 33.9 Å². The number of ether oxygens (including phenoxy) is 1. The highest BCUT2D eigenvalue weighted by atomic mass is 16.6. The molecule has 0 saturated heterocycles. The summed E-state index contributed by atoms with van der Waals surface area (Å²) in [6, 6.07) is 3.99. The summed E-state index contributed by atoms with van der Waals surface area (Å²) in [6.07, 6.45) is 2.23. The van der Waals surface area contributed by atoms with Gasteiger partial charge in [0.15, 0.2) is 5.75 Å². The molecule has 1 unspecified atom stereocenters. The first-order valence-electron chi connectivity index (χ1n) is 6.39. The molecule has 0 heterocycles. The largest absolute Gasteiger partial charge is 0.490 e. The van der Waals surface area contributed by atoms with Gasteiger partial charge in [-0.05, 0) is 24.8 Å². The van der Waals surface area contributed by atoms with E-state index in [1.807, 2.05) is 0 Å². The minimum atomic E-state index is -0.552. The van der Waals surface area contributed by atoms with Gasteiger partial charge in [0.25, 0.3) is 5.91 Å². The zero-order valence-corrected chi connectivity index (χ0v) is 11.2. The fraction of sp³-hybridized carbons (Fsp3) is 0.462. The summed E-state index contributed by atoms with van der Waals surface area (Å²) in [5.41, 5.74) is 6.04. The van der Waals surface area contributed by atoms with Crippen LogP contribution in [-0.4, -0.2) is 30.5 Å². The second-order valence-corrected chi connectivity index (χ2v) is 4.86. The molecular formula is C13H17N3O4. The van der Waals surface area contributed by atoms with Crippen LogP contribution in [0.4, 0.5) is 5.69 Å². The molecule has 1 aliphatic rings. The van der Waals surface area contributed by atoms with Crippen LogP contribution >= 0.6 is 0 Å².